The molecule has 0 aliphatic carbocycles. The van der Waals surface area contributed by atoms with Crippen LogP contribution in [0.4, 0.5) is 11.4 Å². The van der Waals surface area contributed by atoms with Gasteiger partial charge in [0, 0.05) is 5.69 Å². The number of hydrogen-bond acceptors (Lipinski definition) is 4. The summed E-state index contributed by atoms with van der Waals surface area (Å²) in [5.41, 5.74) is 5.06. The standard InChI is InChI=1S/C28H26N2O4S/c1-20-8-17-27(21(2)18-20)30-35(32,33)26-15-11-24(12-16-26)29-28(31)19-34-25-13-9-23(10-14-25)22-6-4-3-5-7-22/h3-18,30H,19H2,1-2H3,(H,29,31). The van der Waals surface area contributed by atoms with Crippen LogP contribution in [0, 0.1) is 13.8 Å². The van der Waals surface area contributed by atoms with Crippen LogP contribution in [0.3, 0.4) is 0 Å². The summed E-state index contributed by atoms with van der Waals surface area (Å²) in [6, 6.07) is 29.0. The number of carbonyl (C=O) groups excluding carboxylic acids is 1. The van der Waals surface area contributed by atoms with Crippen molar-refractivity contribution in [3.63, 3.8) is 0 Å². The second-order valence-corrected chi connectivity index (χ2v) is 9.86. The zero-order valence-corrected chi connectivity index (χ0v) is 20.3. The van der Waals surface area contributed by atoms with Gasteiger partial charge in [-0.3, -0.25) is 9.52 Å². The van der Waals surface area contributed by atoms with Crippen molar-refractivity contribution in [2.75, 3.05) is 16.6 Å². The van der Waals surface area contributed by atoms with E-state index in [0.29, 0.717) is 17.1 Å². The van der Waals surface area contributed by atoms with Crippen LogP contribution < -0.4 is 14.8 Å². The molecule has 178 valence electrons. The molecule has 0 saturated carbocycles. The smallest absolute Gasteiger partial charge is 0.262 e. The van der Waals surface area contributed by atoms with Crippen LogP contribution in [0.2, 0.25) is 0 Å². The van der Waals surface area contributed by atoms with E-state index in [1.165, 1.54) is 12.1 Å². The zero-order chi connectivity index (χ0) is 24.8. The van der Waals surface area contributed by atoms with E-state index in [0.717, 1.165) is 22.3 Å². The molecule has 2 N–H and O–H groups in total. The Kier molecular flexibility index (Phi) is 7.17. The van der Waals surface area contributed by atoms with Crippen LogP contribution in [0.1, 0.15) is 11.1 Å². The van der Waals surface area contributed by atoms with Crippen LogP contribution in [-0.4, -0.2) is 20.9 Å². The van der Waals surface area contributed by atoms with E-state index in [2.05, 4.69) is 10.0 Å². The van der Waals surface area contributed by atoms with Crippen LogP contribution in [0.25, 0.3) is 11.1 Å². The van der Waals surface area contributed by atoms with Crippen LogP contribution >= 0.6 is 0 Å². The number of carbonyl (C=O) groups is 1. The number of ether oxygens (including phenoxy) is 1. The number of aryl methyl sites for hydroxylation is 2. The molecule has 1 amide bonds. The van der Waals surface area contributed by atoms with Gasteiger partial charge in [0.25, 0.3) is 15.9 Å². The number of sulfonamides is 1. The fourth-order valence-electron chi connectivity index (χ4n) is 3.57. The molecular formula is C28H26N2O4S. The van der Waals surface area contributed by atoms with Gasteiger partial charge in [-0.15, -0.1) is 0 Å². The second kappa shape index (κ2) is 10.4. The highest BCUT2D eigenvalue weighted by Gasteiger charge is 2.15. The Bertz CT molecular complexity index is 1420. The van der Waals surface area contributed by atoms with Gasteiger partial charge in [0.05, 0.1) is 10.6 Å². The van der Waals surface area contributed by atoms with Crippen molar-refractivity contribution < 1.29 is 17.9 Å². The van der Waals surface area contributed by atoms with E-state index in [4.69, 9.17) is 4.74 Å². The SMILES string of the molecule is Cc1ccc(NS(=O)(=O)c2ccc(NC(=O)COc3ccc(-c4ccccc4)cc3)cc2)c(C)c1. The molecule has 0 aromatic heterocycles. The number of rotatable bonds is 8. The van der Waals surface area contributed by atoms with Crippen LogP contribution in [-0.2, 0) is 14.8 Å². The van der Waals surface area contributed by atoms with E-state index in [1.54, 1.807) is 18.2 Å². The number of hydrogen-bond donors (Lipinski definition) is 2. The number of benzene rings is 4. The topological polar surface area (TPSA) is 84.5 Å². The van der Waals surface area contributed by atoms with Crippen molar-refractivity contribution >= 4 is 27.3 Å². The minimum absolute atomic E-state index is 0.102. The number of anilines is 2. The maximum absolute atomic E-state index is 12.7. The molecule has 0 fully saturated rings. The van der Waals surface area contributed by atoms with Gasteiger partial charge in [0.15, 0.2) is 6.61 Å². The van der Waals surface area contributed by atoms with Gasteiger partial charge in [0.2, 0.25) is 0 Å². The van der Waals surface area contributed by atoms with Crippen LogP contribution in [0.15, 0.2) is 102 Å². The summed E-state index contributed by atoms with van der Waals surface area (Å²) < 4.78 is 33.6. The summed E-state index contributed by atoms with van der Waals surface area (Å²) in [7, 11) is -3.75. The van der Waals surface area contributed by atoms with E-state index in [9.17, 15) is 13.2 Å². The predicted molar refractivity (Wildman–Crippen MR) is 139 cm³/mol. The average molecular weight is 487 g/mol. The monoisotopic (exact) mass is 486 g/mol. The van der Waals surface area contributed by atoms with Gasteiger partial charge >= 0.3 is 0 Å². The number of amides is 1. The summed E-state index contributed by atoms with van der Waals surface area (Å²) in [5, 5.41) is 2.71. The lowest BCUT2D eigenvalue weighted by Gasteiger charge is -2.12. The van der Waals surface area contributed by atoms with Crippen LogP contribution in [0.5, 0.6) is 5.75 Å². The van der Waals surface area contributed by atoms with E-state index >= 15 is 0 Å². The molecule has 0 saturated heterocycles. The first-order valence-electron chi connectivity index (χ1n) is 11.1. The molecule has 0 aliphatic heterocycles. The summed E-state index contributed by atoms with van der Waals surface area (Å²) in [4.78, 5) is 12.4. The van der Waals surface area contributed by atoms with Gasteiger partial charge in [-0.1, -0.05) is 60.2 Å². The maximum atomic E-state index is 12.7. The van der Waals surface area contributed by atoms with Crippen molar-refractivity contribution in [1.29, 1.82) is 0 Å². The van der Waals surface area contributed by atoms with E-state index in [-0.39, 0.29) is 17.4 Å². The maximum Gasteiger partial charge on any atom is 0.262 e. The summed E-state index contributed by atoms with van der Waals surface area (Å²) in [5.74, 6) is 0.236. The zero-order valence-electron chi connectivity index (χ0n) is 19.5. The fraction of sp³-hybridized carbons (Fsp3) is 0.107. The molecule has 0 spiro atoms. The predicted octanol–water partition coefficient (Wildman–Crippen LogP) is 5.79. The first-order valence-corrected chi connectivity index (χ1v) is 12.6. The van der Waals surface area contributed by atoms with E-state index in [1.807, 2.05) is 80.6 Å². The molecule has 35 heavy (non-hydrogen) atoms. The molecule has 6 nitrogen and oxygen atoms in total. The highest BCUT2D eigenvalue weighted by atomic mass is 32.2. The molecule has 0 radical (unpaired) electrons. The van der Waals surface area contributed by atoms with Crippen molar-refractivity contribution in [1.82, 2.24) is 0 Å². The number of nitrogens with one attached hydrogen (secondary N) is 2. The molecule has 0 atom stereocenters. The molecule has 4 rings (SSSR count). The van der Waals surface area contributed by atoms with Gasteiger partial charge in [-0.25, -0.2) is 8.42 Å². The summed E-state index contributed by atoms with van der Waals surface area (Å²) >= 11 is 0. The lowest BCUT2D eigenvalue weighted by atomic mass is 10.1. The Labute approximate surface area is 205 Å². The molecule has 0 bridgehead atoms. The normalized spacial score (nSPS) is 11.0. The lowest BCUT2D eigenvalue weighted by molar-refractivity contribution is -0.118. The third-order valence-electron chi connectivity index (χ3n) is 5.41. The minimum atomic E-state index is -3.75. The molecule has 0 aliphatic rings. The Morgan fingerprint density at radius 1 is 0.800 bits per heavy atom. The average Bonchev–Trinajstić information content (AvgIpc) is 2.86. The van der Waals surface area contributed by atoms with Gasteiger partial charge in [0.1, 0.15) is 5.75 Å². The molecular weight excluding hydrogens is 460 g/mol. The lowest BCUT2D eigenvalue weighted by Crippen LogP contribution is -2.20. The second-order valence-electron chi connectivity index (χ2n) is 8.18. The van der Waals surface area contributed by atoms with Crippen molar-refractivity contribution in [3.8, 4) is 16.9 Å². The molecule has 0 unspecified atom stereocenters. The first kappa shape index (κ1) is 24.0. The third-order valence-corrected chi connectivity index (χ3v) is 6.79. The Hall–Kier alpha value is -4.10. The molecule has 4 aromatic carbocycles. The van der Waals surface area contributed by atoms with Crippen molar-refractivity contribution in [3.05, 3.63) is 108 Å². The highest BCUT2D eigenvalue weighted by Crippen LogP contribution is 2.23. The van der Waals surface area contributed by atoms with Crippen molar-refractivity contribution in [2.45, 2.75) is 18.7 Å². The van der Waals surface area contributed by atoms with Gasteiger partial charge < -0.3 is 10.1 Å². The highest BCUT2D eigenvalue weighted by molar-refractivity contribution is 7.92. The third kappa shape index (κ3) is 6.28. The van der Waals surface area contributed by atoms with E-state index < -0.39 is 10.0 Å². The van der Waals surface area contributed by atoms with Gasteiger partial charge in [-0.05, 0) is 73.0 Å². The molecule has 0 heterocycles. The Balaban J connectivity index is 1.32. The summed E-state index contributed by atoms with van der Waals surface area (Å²) in [6.07, 6.45) is 0. The minimum Gasteiger partial charge on any atom is -0.484 e. The largest absolute Gasteiger partial charge is 0.484 e. The molecule has 4 aromatic rings. The summed E-state index contributed by atoms with van der Waals surface area (Å²) in [6.45, 7) is 3.63. The fourth-order valence-corrected chi connectivity index (χ4v) is 4.70. The quantitative estimate of drug-likeness (QED) is 0.330. The Morgan fingerprint density at radius 2 is 1.46 bits per heavy atom. The van der Waals surface area contributed by atoms with Crippen molar-refractivity contribution in [2.24, 2.45) is 0 Å². The molecule has 7 heteroatoms. The Morgan fingerprint density at radius 3 is 2.11 bits per heavy atom. The van der Waals surface area contributed by atoms with Gasteiger partial charge in [-0.2, -0.15) is 0 Å². The first-order chi connectivity index (χ1) is 16.8.